The molecule has 0 spiro atoms. The zero-order chi connectivity index (χ0) is 18.1. The maximum absolute atomic E-state index is 11.8. The standard InChI is InChI=1S/C18H18BrClN2O3/c1-2-9-24-16-8-7-14(19)10-13(16)11-21-22-18(23)12-25-17-6-4-3-5-15(17)20/h3-8,10-11H,2,9,12H2,1H3,(H,22,23)/b21-11+. The number of benzene rings is 2. The first-order valence-corrected chi connectivity index (χ1v) is 8.89. The number of nitrogens with one attached hydrogen (secondary N) is 1. The highest BCUT2D eigenvalue weighted by Crippen LogP contribution is 2.23. The Morgan fingerprint density at radius 1 is 1.24 bits per heavy atom. The van der Waals surface area contributed by atoms with Crippen molar-refractivity contribution < 1.29 is 14.3 Å². The minimum absolute atomic E-state index is 0.182. The molecule has 2 rings (SSSR count). The zero-order valence-electron chi connectivity index (χ0n) is 13.7. The summed E-state index contributed by atoms with van der Waals surface area (Å²) in [6.07, 6.45) is 2.44. The predicted octanol–water partition coefficient (Wildman–Crippen LogP) is 4.42. The van der Waals surface area contributed by atoms with Crippen molar-refractivity contribution in [3.63, 3.8) is 0 Å². The number of hydrazone groups is 1. The Morgan fingerprint density at radius 3 is 2.80 bits per heavy atom. The van der Waals surface area contributed by atoms with Crippen LogP contribution in [0.15, 0.2) is 52.0 Å². The van der Waals surface area contributed by atoms with Crippen molar-refractivity contribution in [2.75, 3.05) is 13.2 Å². The van der Waals surface area contributed by atoms with Gasteiger partial charge in [-0.05, 0) is 36.8 Å². The number of halogens is 2. The van der Waals surface area contributed by atoms with Gasteiger partial charge in [0.2, 0.25) is 0 Å². The molecule has 132 valence electrons. The molecule has 0 unspecified atom stereocenters. The summed E-state index contributed by atoms with van der Waals surface area (Å²) in [6, 6.07) is 12.6. The van der Waals surface area contributed by atoms with E-state index in [0.717, 1.165) is 16.5 Å². The molecule has 0 saturated heterocycles. The van der Waals surface area contributed by atoms with Crippen LogP contribution in [0.25, 0.3) is 0 Å². The number of rotatable bonds is 8. The second-order valence-electron chi connectivity index (χ2n) is 5.04. The van der Waals surface area contributed by atoms with Crippen molar-refractivity contribution in [1.29, 1.82) is 0 Å². The molecular formula is C18H18BrClN2O3. The summed E-state index contributed by atoms with van der Waals surface area (Å²) < 4.78 is 11.9. The maximum atomic E-state index is 11.8. The highest BCUT2D eigenvalue weighted by atomic mass is 79.9. The minimum atomic E-state index is -0.387. The van der Waals surface area contributed by atoms with Gasteiger partial charge in [0.05, 0.1) is 17.8 Å². The summed E-state index contributed by atoms with van der Waals surface area (Å²) in [7, 11) is 0. The number of carbonyl (C=O) groups excluding carboxylic acids is 1. The van der Waals surface area contributed by atoms with E-state index in [9.17, 15) is 4.79 Å². The first-order valence-electron chi connectivity index (χ1n) is 7.71. The van der Waals surface area contributed by atoms with Crippen molar-refractivity contribution >= 4 is 39.7 Å². The van der Waals surface area contributed by atoms with Gasteiger partial charge in [-0.3, -0.25) is 4.79 Å². The minimum Gasteiger partial charge on any atom is -0.493 e. The lowest BCUT2D eigenvalue weighted by Gasteiger charge is -2.08. The Balaban J connectivity index is 1.90. The van der Waals surface area contributed by atoms with Crippen LogP contribution < -0.4 is 14.9 Å². The monoisotopic (exact) mass is 424 g/mol. The van der Waals surface area contributed by atoms with Gasteiger partial charge < -0.3 is 9.47 Å². The van der Waals surface area contributed by atoms with Crippen LogP contribution in [0, 0.1) is 0 Å². The van der Waals surface area contributed by atoms with E-state index in [-0.39, 0.29) is 12.5 Å². The fourth-order valence-electron chi connectivity index (χ4n) is 1.87. The molecule has 0 aromatic heterocycles. The van der Waals surface area contributed by atoms with Crippen LogP contribution in [-0.4, -0.2) is 25.3 Å². The number of ether oxygens (including phenoxy) is 2. The summed E-state index contributed by atoms with van der Waals surface area (Å²) in [5.41, 5.74) is 3.17. The highest BCUT2D eigenvalue weighted by Gasteiger charge is 2.05. The summed E-state index contributed by atoms with van der Waals surface area (Å²) in [4.78, 5) is 11.8. The average Bonchev–Trinajstić information content (AvgIpc) is 2.60. The van der Waals surface area contributed by atoms with Crippen LogP contribution >= 0.6 is 27.5 Å². The largest absolute Gasteiger partial charge is 0.493 e. The molecular weight excluding hydrogens is 408 g/mol. The van der Waals surface area contributed by atoms with E-state index in [0.29, 0.717) is 23.1 Å². The van der Waals surface area contributed by atoms with Crippen LogP contribution in [0.4, 0.5) is 0 Å². The third-order valence-electron chi connectivity index (χ3n) is 3.02. The van der Waals surface area contributed by atoms with Gasteiger partial charge >= 0.3 is 0 Å². The zero-order valence-corrected chi connectivity index (χ0v) is 16.0. The second-order valence-corrected chi connectivity index (χ2v) is 6.37. The molecule has 2 aromatic carbocycles. The molecule has 0 bridgehead atoms. The van der Waals surface area contributed by atoms with Gasteiger partial charge in [0, 0.05) is 10.0 Å². The van der Waals surface area contributed by atoms with E-state index in [1.807, 2.05) is 25.1 Å². The molecule has 0 radical (unpaired) electrons. The number of nitrogens with zero attached hydrogens (tertiary/aromatic N) is 1. The first-order chi connectivity index (χ1) is 12.1. The summed E-state index contributed by atoms with van der Waals surface area (Å²) in [5, 5.41) is 4.40. The number of hydrogen-bond acceptors (Lipinski definition) is 4. The van der Waals surface area contributed by atoms with Gasteiger partial charge in [0.1, 0.15) is 11.5 Å². The van der Waals surface area contributed by atoms with E-state index < -0.39 is 0 Å². The van der Waals surface area contributed by atoms with Gasteiger partial charge in [-0.1, -0.05) is 46.6 Å². The molecule has 1 amide bonds. The normalized spacial score (nSPS) is 10.7. The molecule has 1 N–H and O–H groups in total. The topological polar surface area (TPSA) is 59.9 Å². The van der Waals surface area contributed by atoms with Gasteiger partial charge in [-0.25, -0.2) is 5.43 Å². The van der Waals surface area contributed by atoms with Gasteiger partial charge in [0.15, 0.2) is 6.61 Å². The van der Waals surface area contributed by atoms with Crippen molar-refractivity contribution in [3.8, 4) is 11.5 Å². The summed E-state index contributed by atoms with van der Waals surface area (Å²) in [5.74, 6) is 0.767. The third kappa shape index (κ3) is 6.40. The fraction of sp³-hybridized carbons (Fsp3) is 0.222. The lowest BCUT2D eigenvalue weighted by Crippen LogP contribution is -2.24. The lowest BCUT2D eigenvalue weighted by atomic mass is 10.2. The Labute approximate surface area is 160 Å². The van der Waals surface area contributed by atoms with Crippen molar-refractivity contribution in [2.24, 2.45) is 5.10 Å². The Kier molecular flexibility index (Phi) is 7.76. The van der Waals surface area contributed by atoms with Crippen LogP contribution in [0.3, 0.4) is 0 Å². The summed E-state index contributed by atoms with van der Waals surface area (Å²) in [6.45, 7) is 2.46. The van der Waals surface area contributed by atoms with E-state index in [2.05, 4.69) is 26.5 Å². The van der Waals surface area contributed by atoms with Crippen LogP contribution in [0.5, 0.6) is 11.5 Å². The maximum Gasteiger partial charge on any atom is 0.277 e. The van der Waals surface area contributed by atoms with Crippen molar-refractivity contribution in [3.05, 3.63) is 57.5 Å². The predicted molar refractivity (Wildman–Crippen MR) is 103 cm³/mol. The highest BCUT2D eigenvalue weighted by molar-refractivity contribution is 9.10. The Hall–Kier alpha value is -2.05. The van der Waals surface area contributed by atoms with Gasteiger partial charge in [-0.15, -0.1) is 0 Å². The lowest BCUT2D eigenvalue weighted by molar-refractivity contribution is -0.123. The molecule has 25 heavy (non-hydrogen) atoms. The van der Waals surface area contributed by atoms with E-state index in [1.165, 1.54) is 6.21 Å². The second kappa shape index (κ2) is 10.1. The fourth-order valence-corrected chi connectivity index (χ4v) is 2.44. The van der Waals surface area contributed by atoms with Gasteiger partial charge in [-0.2, -0.15) is 5.10 Å². The van der Waals surface area contributed by atoms with Crippen LogP contribution in [0.1, 0.15) is 18.9 Å². The van der Waals surface area contributed by atoms with E-state index in [1.54, 1.807) is 24.3 Å². The Bertz CT molecular complexity index is 753. The number of hydrogen-bond donors (Lipinski definition) is 1. The molecule has 7 heteroatoms. The molecule has 0 heterocycles. The van der Waals surface area contributed by atoms with Crippen molar-refractivity contribution in [2.45, 2.75) is 13.3 Å². The molecule has 0 atom stereocenters. The SMILES string of the molecule is CCCOc1ccc(Br)cc1/C=N/NC(=O)COc1ccccc1Cl. The molecule has 0 saturated carbocycles. The smallest absolute Gasteiger partial charge is 0.277 e. The molecule has 0 aliphatic rings. The molecule has 2 aromatic rings. The summed E-state index contributed by atoms with van der Waals surface area (Å²) >= 11 is 9.37. The van der Waals surface area contributed by atoms with Gasteiger partial charge in [0.25, 0.3) is 5.91 Å². The Morgan fingerprint density at radius 2 is 2.04 bits per heavy atom. The van der Waals surface area contributed by atoms with E-state index >= 15 is 0 Å². The molecule has 0 fully saturated rings. The number of para-hydroxylation sites is 1. The van der Waals surface area contributed by atoms with E-state index in [4.69, 9.17) is 21.1 Å². The third-order valence-corrected chi connectivity index (χ3v) is 3.83. The van der Waals surface area contributed by atoms with Crippen LogP contribution in [-0.2, 0) is 4.79 Å². The van der Waals surface area contributed by atoms with Crippen LogP contribution in [0.2, 0.25) is 5.02 Å². The number of carbonyl (C=O) groups is 1. The quantitative estimate of drug-likeness (QED) is 0.503. The van der Waals surface area contributed by atoms with Crippen molar-refractivity contribution in [1.82, 2.24) is 5.43 Å². The molecule has 0 aliphatic heterocycles. The molecule has 0 aliphatic carbocycles. The first kappa shape index (κ1) is 19.3. The number of amides is 1. The average molecular weight is 426 g/mol. The molecule has 5 nitrogen and oxygen atoms in total.